The van der Waals surface area contributed by atoms with Gasteiger partial charge in [-0.15, -0.1) is 0 Å². The molecule has 1 aromatic rings. The van der Waals surface area contributed by atoms with Gasteiger partial charge in [-0.25, -0.2) is 4.79 Å². The number of carbonyl (C=O) groups excluding carboxylic acids is 1. The molecule has 0 aliphatic rings. The van der Waals surface area contributed by atoms with Crippen LogP contribution in [0.15, 0.2) is 12.3 Å². The molecule has 0 aliphatic heterocycles. The molecule has 0 bridgehead atoms. The molecule has 0 unspecified atom stereocenters. The van der Waals surface area contributed by atoms with E-state index in [2.05, 4.69) is 4.98 Å². The molecule has 0 radical (unpaired) electrons. The maximum Gasteiger partial charge on any atom is 0.339 e. The number of nitriles is 1. The Balaban J connectivity index is 3.18. The average molecular weight is 208 g/mol. The second kappa shape index (κ2) is 4.53. The minimum atomic E-state index is -0.524. The van der Waals surface area contributed by atoms with Crippen molar-refractivity contribution in [2.75, 3.05) is 6.61 Å². The molecule has 1 heterocycles. The molecule has 72 valence electrons. The Kier molecular flexibility index (Phi) is 3.37. The number of hydrogen-bond acceptors (Lipinski definition) is 4. The molecule has 0 aliphatic carbocycles. The van der Waals surface area contributed by atoms with E-state index in [1.54, 1.807) is 6.92 Å². The van der Waals surface area contributed by atoms with Gasteiger partial charge in [0.2, 0.25) is 0 Å². The molecule has 1 N–H and O–H groups in total. The highest BCUT2D eigenvalue weighted by atomic mass is 32.1. The zero-order valence-electron chi connectivity index (χ0n) is 7.53. The van der Waals surface area contributed by atoms with E-state index in [1.165, 1.54) is 12.3 Å². The van der Waals surface area contributed by atoms with E-state index < -0.39 is 5.97 Å². The van der Waals surface area contributed by atoms with E-state index in [0.29, 0.717) is 4.64 Å². The van der Waals surface area contributed by atoms with Crippen molar-refractivity contribution >= 4 is 18.2 Å². The number of H-pyrrole nitrogens is 1. The fourth-order valence-corrected chi connectivity index (χ4v) is 1.12. The lowest BCUT2D eigenvalue weighted by Gasteiger charge is -2.02. The molecule has 4 nitrogen and oxygen atoms in total. The summed E-state index contributed by atoms with van der Waals surface area (Å²) in [6, 6.07) is 3.31. The van der Waals surface area contributed by atoms with Crippen LogP contribution in [0.4, 0.5) is 0 Å². The number of nitrogens with zero attached hydrogens (tertiary/aromatic N) is 1. The molecule has 0 saturated carbocycles. The van der Waals surface area contributed by atoms with Crippen LogP contribution in [0.2, 0.25) is 0 Å². The lowest BCUT2D eigenvalue weighted by atomic mass is 10.1. The summed E-state index contributed by atoms with van der Waals surface area (Å²) in [5.41, 5.74) is 0.440. The molecule has 5 heteroatoms. The monoisotopic (exact) mass is 208 g/mol. The molecule has 0 amide bonds. The minimum Gasteiger partial charge on any atom is -0.462 e. The van der Waals surface area contributed by atoms with Crippen LogP contribution >= 0.6 is 12.2 Å². The SMILES string of the molecule is CCOC(=O)c1cc(=S)[nH]cc1C#N. The first-order chi connectivity index (χ1) is 6.69. The van der Waals surface area contributed by atoms with Crippen LogP contribution in [0, 0.1) is 16.0 Å². The predicted octanol–water partition coefficient (Wildman–Crippen LogP) is 1.79. The van der Waals surface area contributed by atoms with E-state index in [0.717, 1.165) is 0 Å². The summed E-state index contributed by atoms with van der Waals surface area (Å²) in [5, 5.41) is 8.71. The van der Waals surface area contributed by atoms with Gasteiger partial charge < -0.3 is 9.72 Å². The number of carbonyl (C=O) groups is 1. The first-order valence-corrected chi connectivity index (χ1v) is 4.39. The number of aromatic amines is 1. The van der Waals surface area contributed by atoms with Gasteiger partial charge in [0, 0.05) is 6.20 Å². The van der Waals surface area contributed by atoms with Crippen LogP contribution in [0.1, 0.15) is 22.8 Å². The average Bonchev–Trinajstić information content (AvgIpc) is 2.18. The maximum absolute atomic E-state index is 11.3. The molecule has 0 atom stereocenters. The van der Waals surface area contributed by atoms with E-state index in [1.807, 2.05) is 6.07 Å². The second-order valence-electron chi connectivity index (χ2n) is 2.46. The largest absolute Gasteiger partial charge is 0.462 e. The van der Waals surface area contributed by atoms with E-state index in [9.17, 15) is 4.79 Å². The molecule has 14 heavy (non-hydrogen) atoms. The van der Waals surface area contributed by atoms with Crippen molar-refractivity contribution in [3.8, 4) is 6.07 Å². The first-order valence-electron chi connectivity index (χ1n) is 3.99. The van der Waals surface area contributed by atoms with Crippen molar-refractivity contribution in [2.24, 2.45) is 0 Å². The normalized spacial score (nSPS) is 9.14. The zero-order valence-corrected chi connectivity index (χ0v) is 8.35. The molecule has 0 saturated heterocycles. The lowest BCUT2D eigenvalue weighted by molar-refractivity contribution is 0.0526. The third-order valence-corrected chi connectivity index (χ3v) is 1.78. The second-order valence-corrected chi connectivity index (χ2v) is 2.90. The lowest BCUT2D eigenvalue weighted by Crippen LogP contribution is -2.07. The van der Waals surface area contributed by atoms with Gasteiger partial charge in [0.05, 0.1) is 17.7 Å². The van der Waals surface area contributed by atoms with E-state index >= 15 is 0 Å². The number of pyridine rings is 1. The molecule has 1 aromatic heterocycles. The van der Waals surface area contributed by atoms with Crippen LogP contribution in [0.5, 0.6) is 0 Å². The van der Waals surface area contributed by atoms with Crippen LogP contribution in [0.25, 0.3) is 0 Å². The fraction of sp³-hybridized carbons (Fsp3) is 0.222. The molecular weight excluding hydrogens is 200 g/mol. The van der Waals surface area contributed by atoms with Gasteiger partial charge in [0.25, 0.3) is 0 Å². The zero-order chi connectivity index (χ0) is 10.6. The summed E-state index contributed by atoms with van der Waals surface area (Å²) < 4.78 is 5.17. The molecule has 0 fully saturated rings. The maximum atomic E-state index is 11.3. The van der Waals surface area contributed by atoms with E-state index in [4.69, 9.17) is 22.2 Å². The summed E-state index contributed by atoms with van der Waals surface area (Å²) in [4.78, 5) is 14.0. The summed E-state index contributed by atoms with van der Waals surface area (Å²) in [6.45, 7) is 1.97. The molecule has 0 aromatic carbocycles. The van der Waals surface area contributed by atoms with Crippen molar-refractivity contribution < 1.29 is 9.53 Å². The smallest absolute Gasteiger partial charge is 0.339 e. The van der Waals surface area contributed by atoms with Crippen molar-refractivity contribution in [3.05, 3.63) is 28.0 Å². The van der Waals surface area contributed by atoms with Crippen LogP contribution in [0.3, 0.4) is 0 Å². The first kappa shape index (κ1) is 10.4. The molecular formula is C9H8N2O2S. The Morgan fingerprint density at radius 2 is 2.50 bits per heavy atom. The molecule has 1 rings (SSSR count). The standard InChI is InChI=1S/C9H8N2O2S/c1-2-13-9(12)7-3-8(14)11-5-6(7)4-10/h3,5H,2H2,1H3,(H,11,14). The number of rotatable bonds is 2. The number of esters is 1. The van der Waals surface area contributed by atoms with Crippen LogP contribution < -0.4 is 0 Å². The summed E-state index contributed by atoms with van der Waals surface area (Å²) >= 11 is 4.84. The highest BCUT2D eigenvalue weighted by Crippen LogP contribution is 2.08. The van der Waals surface area contributed by atoms with Gasteiger partial charge in [0.15, 0.2) is 0 Å². The topological polar surface area (TPSA) is 65.9 Å². The van der Waals surface area contributed by atoms with Crippen molar-refractivity contribution in [1.29, 1.82) is 5.26 Å². The number of ether oxygens (including phenoxy) is 1. The van der Waals surface area contributed by atoms with E-state index in [-0.39, 0.29) is 17.7 Å². The summed E-state index contributed by atoms with van der Waals surface area (Å²) in [6.07, 6.45) is 1.40. The highest BCUT2D eigenvalue weighted by Gasteiger charge is 2.11. The highest BCUT2D eigenvalue weighted by molar-refractivity contribution is 7.71. The Bertz CT molecular complexity index is 445. The van der Waals surface area contributed by atoms with Crippen molar-refractivity contribution in [1.82, 2.24) is 4.98 Å². The van der Waals surface area contributed by atoms with Gasteiger partial charge in [-0.05, 0) is 13.0 Å². The van der Waals surface area contributed by atoms with Crippen LogP contribution in [-0.4, -0.2) is 17.6 Å². The number of hydrogen-bond donors (Lipinski definition) is 1. The van der Waals surface area contributed by atoms with Gasteiger partial charge in [-0.2, -0.15) is 5.26 Å². The van der Waals surface area contributed by atoms with Crippen molar-refractivity contribution in [2.45, 2.75) is 6.92 Å². The Morgan fingerprint density at radius 3 is 3.07 bits per heavy atom. The Labute approximate surface area is 86.1 Å². The Hall–Kier alpha value is -1.67. The van der Waals surface area contributed by atoms with Gasteiger partial charge >= 0.3 is 5.97 Å². The minimum absolute atomic E-state index is 0.207. The third kappa shape index (κ3) is 2.18. The van der Waals surface area contributed by atoms with Gasteiger partial charge in [-0.3, -0.25) is 0 Å². The summed E-state index contributed by atoms with van der Waals surface area (Å²) in [7, 11) is 0. The summed E-state index contributed by atoms with van der Waals surface area (Å²) in [5.74, 6) is -0.524. The van der Waals surface area contributed by atoms with Crippen molar-refractivity contribution in [3.63, 3.8) is 0 Å². The van der Waals surface area contributed by atoms with Gasteiger partial charge in [-0.1, -0.05) is 12.2 Å². The number of nitrogens with one attached hydrogen (secondary N) is 1. The Morgan fingerprint density at radius 1 is 1.79 bits per heavy atom. The van der Waals surface area contributed by atoms with Crippen LogP contribution in [-0.2, 0) is 4.74 Å². The predicted molar refractivity (Wildman–Crippen MR) is 52.3 cm³/mol. The molecule has 0 spiro atoms. The fourth-order valence-electron chi connectivity index (χ4n) is 0.942. The quantitative estimate of drug-likeness (QED) is 0.594. The van der Waals surface area contributed by atoms with Gasteiger partial charge in [0.1, 0.15) is 10.7 Å². The third-order valence-electron chi connectivity index (χ3n) is 1.54. The number of aromatic nitrogens is 1.